The molecule has 0 saturated carbocycles. The minimum atomic E-state index is -0.891. The summed E-state index contributed by atoms with van der Waals surface area (Å²) in [5.41, 5.74) is 0. The topological polar surface area (TPSA) is 52.6 Å². The fourth-order valence-electron chi connectivity index (χ4n) is 0.547. The van der Waals surface area contributed by atoms with Crippen LogP contribution in [0.15, 0.2) is 0 Å². The molecule has 0 spiro atoms. The van der Waals surface area contributed by atoms with Gasteiger partial charge in [0, 0.05) is 6.42 Å². The van der Waals surface area contributed by atoms with Crippen molar-refractivity contribution in [3.63, 3.8) is 0 Å². The van der Waals surface area contributed by atoms with Crippen LogP contribution < -0.4 is 0 Å². The molecule has 0 radical (unpaired) electrons. The van der Waals surface area contributed by atoms with Gasteiger partial charge in [0.15, 0.2) is 0 Å². The van der Waals surface area contributed by atoms with Crippen LogP contribution in [0.2, 0.25) is 0 Å². The van der Waals surface area contributed by atoms with Gasteiger partial charge in [-0.25, -0.2) is 0 Å². The zero-order valence-corrected chi connectivity index (χ0v) is 8.60. The third-order valence-electron chi connectivity index (χ3n) is 1.08. The maximum atomic E-state index is 10.7. The molecule has 76 valence electrons. The average Bonchev–Trinajstić information content (AvgIpc) is 2.16. The Kier molecular flexibility index (Phi) is 6.72. The van der Waals surface area contributed by atoms with Gasteiger partial charge >= 0.3 is 11.9 Å². The van der Waals surface area contributed by atoms with Crippen molar-refractivity contribution in [1.82, 2.24) is 0 Å². The van der Waals surface area contributed by atoms with E-state index < -0.39 is 18.2 Å². The minimum absolute atomic E-state index is 0.269. The van der Waals surface area contributed by atoms with E-state index in [1.807, 2.05) is 0 Å². The number of alkyl halides is 2. The molecule has 0 heterocycles. The molecule has 0 N–H and O–H groups in total. The van der Waals surface area contributed by atoms with Gasteiger partial charge in [-0.1, -0.05) is 6.92 Å². The Bertz CT molecular complexity index is 165. The monoisotopic (exact) mass is 228 g/mol. The molecule has 0 saturated heterocycles. The molecule has 0 aliphatic rings. The lowest BCUT2D eigenvalue weighted by molar-refractivity contribution is -0.184. The third-order valence-corrected chi connectivity index (χ3v) is 1.51. The molecule has 0 rings (SSSR count). The number of carbonyl (C=O) groups is 2. The summed E-state index contributed by atoms with van der Waals surface area (Å²) in [4.78, 5) is 21.3. The van der Waals surface area contributed by atoms with Crippen molar-refractivity contribution in [2.75, 3.05) is 11.8 Å². The quantitative estimate of drug-likeness (QED) is 0.405. The molecular formula is C7H10Cl2O4. The Morgan fingerprint density at radius 2 is 1.54 bits per heavy atom. The molecule has 0 bridgehead atoms. The molecule has 0 aromatic carbocycles. The highest BCUT2D eigenvalue weighted by Crippen LogP contribution is 2.02. The Labute approximate surface area is 86.1 Å². The van der Waals surface area contributed by atoms with E-state index in [9.17, 15) is 9.59 Å². The second-order valence-electron chi connectivity index (χ2n) is 2.08. The van der Waals surface area contributed by atoms with Crippen LogP contribution in [0.4, 0.5) is 0 Å². The Morgan fingerprint density at radius 3 is 1.77 bits per heavy atom. The van der Waals surface area contributed by atoms with Gasteiger partial charge in [-0.15, -0.1) is 23.2 Å². The Morgan fingerprint density at radius 1 is 1.15 bits per heavy atom. The second-order valence-corrected chi connectivity index (χ2v) is 2.62. The Balaban J connectivity index is 3.89. The van der Waals surface area contributed by atoms with Crippen LogP contribution in [0.5, 0.6) is 0 Å². The van der Waals surface area contributed by atoms with Crippen LogP contribution in [0.25, 0.3) is 0 Å². The first-order chi connectivity index (χ1) is 6.13. The molecule has 0 fully saturated rings. The lowest BCUT2D eigenvalue weighted by Gasteiger charge is -2.14. The van der Waals surface area contributed by atoms with Gasteiger partial charge in [0.2, 0.25) is 6.29 Å². The smallest absolute Gasteiger partial charge is 0.323 e. The van der Waals surface area contributed by atoms with Crippen LogP contribution in [-0.2, 0) is 19.1 Å². The molecule has 0 atom stereocenters. The minimum Gasteiger partial charge on any atom is -0.424 e. The predicted molar refractivity (Wildman–Crippen MR) is 47.7 cm³/mol. The van der Waals surface area contributed by atoms with Crippen molar-refractivity contribution in [3.05, 3.63) is 0 Å². The Hall–Kier alpha value is -0.480. The van der Waals surface area contributed by atoms with Crippen molar-refractivity contribution in [1.29, 1.82) is 0 Å². The van der Waals surface area contributed by atoms with Gasteiger partial charge in [-0.2, -0.15) is 0 Å². The summed E-state index contributed by atoms with van der Waals surface area (Å²) in [5, 5.41) is 0. The van der Waals surface area contributed by atoms with Crippen molar-refractivity contribution in [2.24, 2.45) is 0 Å². The molecule has 0 aliphatic heterocycles. The van der Waals surface area contributed by atoms with Gasteiger partial charge in [-0.3, -0.25) is 9.59 Å². The normalized spacial score (nSPS) is 9.85. The number of esters is 2. The van der Waals surface area contributed by atoms with E-state index >= 15 is 0 Å². The molecule has 0 amide bonds. The van der Waals surface area contributed by atoms with Crippen molar-refractivity contribution >= 4 is 35.1 Å². The predicted octanol–water partition coefficient (Wildman–Crippen LogP) is 1.29. The molecule has 0 aromatic rings. The zero-order valence-electron chi connectivity index (χ0n) is 7.09. The number of halogens is 2. The summed E-state index contributed by atoms with van der Waals surface area (Å²) in [6.45, 7) is 1.70. The average molecular weight is 229 g/mol. The molecule has 0 aliphatic carbocycles. The molecule has 0 unspecified atom stereocenters. The van der Waals surface area contributed by atoms with Crippen LogP contribution in [-0.4, -0.2) is 30.0 Å². The highest BCUT2D eigenvalue weighted by atomic mass is 35.5. The number of rotatable bonds is 5. The van der Waals surface area contributed by atoms with Crippen LogP contribution >= 0.6 is 23.2 Å². The fourth-order valence-corrected chi connectivity index (χ4v) is 0.673. The van der Waals surface area contributed by atoms with Crippen molar-refractivity contribution < 1.29 is 19.1 Å². The van der Waals surface area contributed by atoms with Crippen LogP contribution in [0.1, 0.15) is 13.3 Å². The second kappa shape index (κ2) is 6.97. The highest BCUT2D eigenvalue weighted by molar-refractivity contribution is 6.26. The summed E-state index contributed by atoms with van der Waals surface area (Å²) >= 11 is 10.4. The van der Waals surface area contributed by atoms with Crippen LogP contribution in [0.3, 0.4) is 0 Å². The van der Waals surface area contributed by atoms with E-state index in [0.717, 1.165) is 0 Å². The lowest BCUT2D eigenvalue weighted by Crippen LogP contribution is -2.25. The first-order valence-corrected chi connectivity index (χ1v) is 4.71. The van der Waals surface area contributed by atoms with Gasteiger partial charge in [0.25, 0.3) is 0 Å². The highest BCUT2D eigenvalue weighted by Gasteiger charge is 2.15. The first kappa shape index (κ1) is 12.5. The third kappa shape index (κ3) is 5.71. The summed E-state index contributed by atoms with van der Waals surface area (Å²) in [7, 11) is 0. The summed E-state index contributed by atoms with van der Waals surface area (Å²) < 4.78 is 9.30. The largest absolute Gasteiger partial charge is 0.424 e. The van der Waals surface area contributed by atoms with Gasteiger partial charge in [-0.05, 0) is 0 Å². The molecule has 4 nitrogen and oxygen atoms in total. The van der Waals surface area contributed by atoms with Gasteiger partial charge < -0.3 is 9.47 Å². The van der Waals surface area contributed by atoms with Crippen LogP contribution in [0, 0.1) is 0 Å². The standard InChI is InChI=1S/C7H10Cl2O4/c1-2-7(12-5(10)3-8)13-6(11)4-9/h7H,2-4H2,1H3. The zero-order chi connectivity index (χ0) is 10.3. The molecule has 0 aromatic heterocycles. The maximum Gasteiger partial charge on any atom is 0.323 e. The van der Waals surface area contributed by atoms with E-state index in [1.54, 1.807) is 6.92 Å². The maximum absolute atomic E-state index is 10.7. The van der Waals surface area contributed by atoms with Gasteiger partial charge in [0.1, 0.15) is 11.8 Å². The molecule has 13 heavy (non-hydrogen) atoms. The van der Waals surface area contributed by atoms with Crippen molar-refractivity contribution in [3.8, 4) is 0 Å². The van der Waals surface area contributed by atoms with E-state index in [-0.39, 0.29) is 11.8 Å². The van der Waals surface area contributed by atoms with E-state index in [1.165, 1.54) is 0 Å². The van der Waals surface area contributed by atoms with E-state index in [2.05, 4.69) is 9.47 Å². The summed E-state index contributed by atoms with van der Waals surface area (Å²) in [6, 6.07) is 0. The molecule has 6 heteroatoms. The van der Waals surface area contributed by atoms with E-state index in [4.69, 9.17) is 23.2 Å². The lowest BCUT2D eigenvalue weighted by atomic mass is 10.5. The summed E-state index contributed by atoms with van der Waals surface area (Å²) in [5.74, 6) is -1.80. The number of ether oxygens (including phenoxy) is 2. The first-order valence-electron chi connectivity index (χ1n) is 3.64. The SMILES string of the molecule is CCC(OC(=O)CCl)OC(=O)CCl. The fraction of sp³-hybridized carbons (Fsp3) is 0.714. The number of hydrogen-bond donors (Lipinski definition) is 0. The number of hydrogen-bond acceptors (Lipinski definition) is 4. The number of carbonyl (C=O) groups excluding carboxylic acids is 2. The molecular weight excluding hydrogens is 219 g/mol. The summed E-state index contributed by atoms with van der Waals surface area (Å²) in [6.07, 6.45) is -0.525. The van der Waals surface area contributed by atoms with Crippen molar-refractivity contribution in [2.45, 2.75) is 19.6 Å². The van der Waals surface area contributed by atoms with E-state index in [0.29, 0.717) is 6.42 Å². The van der Waals surface area contributed by atoms with Gasteiger partial charge in [0.05, 0.1) is 0 Å².